The molecule has 2 aliphatic rings. The molecule has 0 aromatic carbocycles. The molecule has 8 heteroatoms. The molecule has 8 nitrogen and oxygen atoms in total. The van der Waals surface area contributed by atoms with E-state index >= 15 is 0 Å². The average Bonchev–Trinajstić information content (AvgIpc) is 3.26. The Morgan fingerprint density at radius 3 is 2.35 bits per heavy atom. The van der Waals surface area contributed by atoms with Gasteiger partial charge in [0.1, 0.15) is 5.60 Å². The van der Waals surface area contributed by atoms with Crippen LogP contribution in [-0.4, -0.2) is 77.4 Å². The molecule has 1 saturated heterocycles. The van der Waals surface area contributed by atoms with Gasteiger partial charge in [-0.05, 0) is 83.7 Å². The Bertz CT molecular complexity index is 1180. The number of carbonyl (C=O) groups is 2. The molecule has 4 rings (SSSR count). The minimum Gasteiger partial charge on any atom is -0.459 e. The van der Waals surface area contributed by atoms with Crippen LogP contribution < -0.4 is 0 Å². The molecule has 0 saturated carbocycles. The van der Waals surface area contributed by atoms with Crippen LogP contribution in [0, 0.1) is 6.92 Å². The van der Waals surface area contributed by atoms with Crippen LogP contribution in [-0.2, 0) is 14.2 Å². The summed E-state index contributed by atoms with van der Waals surface area (Å²) < 4.78 is 18.9. The number of rotatable bonds is 5. The van der Waals surface area contributed by atoms with Crippen molar-refractivity contribution in [3.63, 3.8) is 0 Å². The number of amides is 1. The van der Waals surface area contributed by atoms with Crippen LogP contribution in [0.25, 0.3) is 11.1 Å². The Kier molecular flexibility index (Phi) is 7.99. The summed E-state index contributed by atoms with van der Waals surface area (Å²) in [6.07, 6.45) is 4.54. The summed E-state index contributed by atoms with van der Waals surface area (Å²) in [6.45, 7) is 17.8. The first kappa shape index (κ1) is 27.2. The average molecular weight is 512 g/mol. The molecule has 1 unspecified atom stereocenters. The number of esters is 1. The summed E-state index contributed by atoms with van der Waals surface area (Å²) >= 11 is 0. The van der Waals surface area contributed by atoms with Gasteiger partial charge in [-0.15, -0.1) is 0 Å². The molecule has 0 bridgehead atoms. The number of ether oxygens (including phenoxy) is 3. The number of fused-ring (bicyclic) bond motifs is 1. The molecule has 202 valence electrons. The lowest BCUT2D eigenvalue weighted by Crippen LogP contribution is -2.39. The van der Waals surface area contributed by atoms with Crippen molar-refractivity contribution in [3.8, 4) is 0 Å². The van der Waals surface area contributed by atoms with Gasteiger partial charge in [-0.1, -0.05) is 6.08 Å². The second-order valence-corrected chi connectivity index (χ2v) is 11.3. The Labute approximate surface area is 220 Å². The second-order valence-electron chi connectivity index (χ2n) is 11.3. The van der Waals surface area contributed by atoms with E-state index < -0.39 is 5.60 Å². The summed E-state index contributed by atoms with van der Waals surface area (Å²) in [6, 6.07) is 4.17. The molecule has 37 heavy (non-hydrogen) atoms. The standard InChI is InChI=1S/C29H41N3O5/c1-19(2)36-27(33)25-17-24-16-23(22-8-10-31(11-9-22)28(34)37-29(5,6)7)18-32(24)26(20(25)3)21(4)30-12-14-35-15-13-30/h8,16-19,21H,9-15H2,1-7H3. The van der Waals surface area contributed by atoms with Crippen molar-refractivity contribution in [3.05, 3.63) is 46.8 Å². The van der Waals surface area contributed by atoms with E-state index in [0.29, 0.717) is 31.9 Å². The zero-order valence-corrected chi connectivity index (χ0v) is 23.3. The molecule has 4 heterocycles. The topological polar surface area (TPSA) is 72.7 Å². The van der Waals surface area contributed by atoms with E-state index in [2.05, 4.69) is 34.6 Å². The molecular formula is C29H41N3O5. The number of carbonyl (C=O) groups excluding carboxylic acids is 2. The summed E-state index contributed by atoms with van der Waals surface area (Å²) in [5.41, 5.74) is 5.38. The van der Waals surface area contributed by atoms with Crippen molar-refractivity contribution in [1.82, 2.24) is 14.2 Å². The third-order valence-corrected chi connectivity index (χ3v) is 6.97. The van der Waals surface area contributed by atoms with E-state index in [-0.39, 0.29) is 24.2 Å². The lowest BCUT2D eigenvalue weighted by molar-refractivity contribution is 0.0186. The van der Waals surface area contributed by atoms with E-state index in [1.165, 1.54) is 5.57 Å². The minimum absolute atomic E-state index is 0.0986. The highest BCUT2D eigenvalue weighted by Gasteiger charge is 2.28. The summed E-state index contributed by atoms with van der Waals surface area (Å²) in [7, 11) is 0. The van der Waals surface area contributed by atoms with Gasteiger partial charge in [-0.2, -0.15) is 0 Å². The maximum Gasteiger partial charge on any atom is 0.410 e. The van der Waals surface area contributed by atoms with Gasteiger partial charge in [0.2, 0.25) is 0 Å². The third-order valence-electron chi connectivity index (χ3n) is 6.97. The van der Waals surface area contributed by atoms with E-state index in [0.717, 1.165) is 41.8 Å². The number of morpholine rings is 1. The van der Waals surface area contributed by atoms with Crippen molar-refractivity contribution in [2.45, 2.75) is 72.6 Å². The Morgan fingerprint density at radius 2 is 1.76 bits per heavy atom. The fraction of sp³-hybridized carbons (Fsp3) is 0.586. The molecule has 0 radical (unpaired) electrons. The first-order valence-corrected chi connectivity index (χ1v) is 13.3. The Balaban J connectivity index is 1.70. The SMILES string of the molecule is Cc1c(C(=O)OC(C)C)cc2cc(C3=CCN(C(=O)OC(C)(C)C)CC3)cn2c1C(C)N1CCOCC1. The summed E-state index contributed by atoms with van der Waals surface area (Å²) in [5, 5.41) is 0. The van der Waals surface area contributed by atoms with E-state index in [1.807, 2.05) is 47.6 Å². The highest BCUT2D eigenvalue weighted by molar-refractivity contribution is 5.93. The highest BCUT2D eigenvalue weighted by Crippen LogP contribution is 2.33. The molecule has 0 N–H and O–H groups in total. The third kappa shape index (κ3) is 6.18. The molecule has 2 aromatic rings. The second kappa shape index (κ2) is 10.9. The zero-order valence-electron chi connectivity index (χ0n) is 23.3. The number of aromatic nitrogens is 1. The summed E-state index contributed by atoms with van der Waals surface area (Å²) in [5.74, 6) is -0.293. The Hall–Kier alpha value is -2.84. The Morgan fingerprint density at radius 1 is 1.05 bits per heavy atom. The normalized spacial score (nSPS) is 18.2. The van der Waals surface area contributed by atoms with E-state index in [1.54, 1.807) is 4.90 Å². The van der Waals surface area contributed by atoms with Crippen LogP contribution in [0.1, 0.15) is 81.2 Å². The van der Waals surface area contributed by atoms with Crippen molar-refractivity contribution < 1.29 is 23.8 Å². The first-order chi connectivity index (χ1) is 17.4. The molecule has 0 aliphatic carbocycles. The van der Waals surface area contributed by atoms with Gasteiger partial charge in [-0.25, -0.2) is 9.59 Å². The maximum absolute atomic E-state index is 13.1. The van der Waals surface area contributed by atoms with E-state index in [9.17, 15) is 9.59 Å². The van der Waals surface area contributed by atoms with Gasteiger partial charge in [0.25, 0.3) is 0 Å². The molecule has 1 amide bonds. The molecule has 2 aliphatic heterocycles. The van der Waals surface area contributed by atoms with Crippen LogP contribution in [0.4, 0.5) is 4.79 Å². The summed E-state index contributed by atoms with van der Waals surface area (Å²) in [4.78, 5) is 29.7. The minimum atomic E-state index is -0.513. The highest BCUT2D eigenvalue weighted by atomic mass is 16.6. The van der Waals surface area contributed by atoms with Crippen LogP contribution in [0.5, 0.6) is 0 Å². The van der Waals surface area contributed by atoms with E-state index in [4.69, 9.17) is 14.2 Å². The van der Waals surface area contributed by atoms with Crippen LogP contribution in [0.3, 0.4) is 0 Å². The first-order valence-electron chi connectivity index (χ1n) is 13.3. The van der Waals surface area contributed by atoms with Gasteiger partial charge < -0.3 is 23.5 Å². The quantitative estimate of drug-likeness (QED) is 0.512. The molecule has 1 fully saturated rings. The van der Waals surface area contributed by atoms with Crippen molar-refractivity contribution in [1.29, 1.82) is 0 Å². The number of nitrogens with zero attached hydrogens (tertiary/aromatic N) is 3. The number of pyridine rings is 1. The maximum atomic E-state index is 13.1. The molecular weight excluding hydrogens is 470 g/mol. The fourth-order valence-corrected chi connectivity index (χ4v) is 5.12. The number of hydrogen-bond donors (Lipinski definition) is 0. The predicted molar refractivity (Wildman–Crippen MR) is 144 cm³/mol. The van der Waals surface area contributed by atoms with Crippen molar-refractivity contribution >= 4 is 23.2 Å². The lowest BCUT2D eigenvalue weighted by atomic mass is 10.0. The largest absolute Gasteiger partial charge is 0.459 e. The zero-order chi connectivity index (χ0) is 26.9. The lowest BCUT2D eigenvalue weighted by Gasteiger charge is -2.34. The van der Waals surface area contributed by atoms with Gasteiger partial charge in [0.05, 0.1) is 24.9 Å². The van der Waals surface area contributed by atoms with Crippen LogP contribution in [0.2, 0.25) is 0 Å². The fourth-order valence-electron chi connectivity index (χ4n) is 5.12. The molecule has 1 atom stereocenters. The molecule has 2 aromatic heterocycles. The van der Waals surface area contributed by atoms with Gasteiger partial charge >= 0.3 is 12.1 Å². The molecule has 0 spiro atoms. The van der Waals surface area contributed by atoms with Crippen LogP contribution in [0.15, 0.2) is 24.4 Å². The van der Waals surface area contributed by atoms with Gasteiger partial charge in [0.15, 0.2) is 0 Å². The van der Waals surface area contributed by atoms with Crippen LogP contribution >= 0.6 is 0 Å². The van der Waals surface area contributed by atoms with Crippen molar-refractivity contribution in [2.75, 3.05) is 39.4 Å². The smallest absolute Gasteiger partial charge is 0.410 e. The number of hydrogen-bond acceptors (Lipinski definition) is 6. The van der Waals surface area contributed by atoms with Crippen molar-refractivity contribution in [2.24, 2.45) is 0 Å². The monoisotopic (exact) mass is 511 g/mol. The predicted octanol–water partition coefficient (Wildman–Crippen LogP) is 5.23. The van der Waals surface area contributed by atoms with Gasteiger partial charge in [-0.3, -0.25) is 4.90 Å². The van der Waals surface area contributed by atoms with Gasteiger partial charge in [0, 0.05) is 49.6 Å².